The number of nitrogens with zero attached hydrogens (tertiary/aromatic N) is 6. The fourth-order valence-electron chi connectivity index (χ4n) is 4.28. The SMILES string of the molecule is O=c1[nH]nc(N2CCN(c3nc(-c4ccccn4)nc4scc(-c5ccccc5)c34)CC2)c(=O)[nH]1. The lowest BCUT2D eigenvalue weighted by Gasteiger charge is -2.35. The maximum absolute atomic E-state index is 12.2. The molecule has 0 atom stereocenters. The third-order valence-corrected chi connectivity index (χ3v) is 6.84. The van der Waals surface area contributed by atoms with Gasteiger partial charge < -0.3 is 9.80 Å². The van der Waals surface area contributed by atoms with E-state index < -0.39 is 11.2 Å². The van der Waals surface area contributed by atoms with Gasteiger partial charge >= 0.3 is 5.69 Å². The molecule has 5 heterocycles. The van der Waals surface area contributed by atoms with E-state index in [1.165, 1.54) is 0 Å². The highest BCUT2D eigenvalue weighted by atomic mass is 32.1. The second-order valence-corrected chi connectivity index (χ2v) is 8.94. The van der Waals surface area contributed by atoms with Crippen molar-refractivity contribution in [2.24, 2.45) is 0 Å². The summed E-state index contributed by atoms with van der Waals surface area (Å²) in [6.45, 7) is 2.35. The Bertz CT molecular complexity index is 1610. The minimum absolute atomic E-state index is 0.215. The number of fused-ring (bicyclic) bond motifs is 1. The molecule has 0 spiro atoms. The van der Waals surface area contributed by atoms with Crippen molar-refractivity contribution in [3.05, 3.63) is 80.9 Å². The van der Waals surface area contributed by atoms with Crippen molar-refractivity contribution in [3.8, 4) is 22.6 Å². The molecule has 0 unspecified atom stereocenters. The van der Waals surface area contributed by atoms with Crippen LogP contribution in [0.3, 0.4) is 0 Å². The quantitative estimate of drug-likeness (QED) is 0.399. The van der Waals surface area contributed by atoms with E-state index in [9.17, 15) is 9.59 Å². The summed E-state index contributed by atoms with van der Waals surface area (Å²) in [5.74, 6) is 1.64. The highest BCUT2D eigenvalue weighted by molar-refractivity contribution is 7.17. The average Bonchev–Trinajstić information content (AvgIpc) is 3.34. The number of hydrogen-bond acceptors (Lipinski definition) is 9. The molecule has 35 heavy (non-hydrogen) atoms. The van der Waals surface area contributed by atoms with Crippen molar-refractivity contribution in [2.45, 2.75) is 0 Å². The molecule has 1 fully saturated rings. The molecule has 1 saturated heterocycles. The highest BCUT2D eigenvalue weighted by Crippen LogP contribution is 2.39. The number of aromatic nitrogens is 6. The van der Waals surface area contributed by atoms with Crippen LogP contribution in [0.1, 0.15) is 0 Å². The molecule has 10 nitrogen and oxygen atoms in total. The van der Waals surface area contributed by atoms with Gasteiger partial charge in [0.15, 0.2) is 5.82 Å². The van der Waals surface area contributed by atoms with Crippen molar-refractivity contribution in [1.29, 1.82) is 0 Å². The van der Waals surface area contributed by atoms with Crippen LogP contribution in [0.4, 0.5) is 11.6 Å². The summed E-state index contributed by atoms with van der Waals surface area (Å²) < 4.78 is 0. The van der Waals surface area contributed by atoms with Crippen LogP contribution in [0.15, 0.2) is 69.7 Å². The molecule has 174 valence electrons. The molecule has 0 bridgehead atoms. The van der Waals surface area contributed by atoms with Gasteiger partial charge in [0.25, 0.3) is 5.56 Å². The zero-order chi connectivity index (χ0) is 23.8. The molecule has 1 aliphatic heterocycles. The number of pyridine rings is 1. The first-order valence-electron chi connectivity index (χ1n) is 11.1. The Labute approximate surface area is 203 Å². The summed E-state index contributed by atoms with van der Waals surface area (Å²) in [5.41, 5.74) is 1.81. The fourth-order valence-corrected chi connectivity index (χ4v) is 5.22. The first-order chi connectivity index (χ1) is 17.2. The van der Waals surface area contributed by atoms with Crippen molar-refractivity contribution < 1.29 is 0 Å². The monoisotopic (exact) mass is 484 g/mol. The molecule has 0 radical (unpaired) electrons. The second-order valence-electron chi connectivity index (χ2n) is 8.09. The number of nitrogens with one attached hydrogen (secondary N) is 2. The van der Waals surface area contributed by atoms with E-state index in [0.717, 1.165) is 27.2 Å². The Balaban J connectivity index is 1.41. The first-order valence-corrected chi connectivity index (χ1v) is 12.0. The van der Waals surface area contributed by atoms with E-state index in [4.69, 9.17) is 9.97 Å². The largest absolute Gasteiger partial charge is 0.352 e. The Morgan fingerprint density at radius 1 is 0.857 bits per heavy atom. The van der Waals surface area contributed by atoms with Gasteiger partial charge in [-0.25, -0.2) is 19.9 Å². The van der Waals surface area contributed by atoms with E-state index >= 15 is 0 Å². The van der Waals surface area contributed by atoms with Gasteiger partial charge in [0.05, 0.1) is 5.39 Å². The number of rotatable bonds is 4. The molecule has 0 aliphatic carbocycles. The molecular formula is C24H20N8O2S. The van der Waals surface area contributed by atoms with Crippen molar-refractivity contribution in [1.82, 2.24) is 30.1 Å². The topological polar surface area (TPSA) is 124 Å². The van der Waals surface area contributed by atoms with Crippen LogP contribution in [0.25, 0.3) is 32.9 Å². The predicted molar refractivity (Wildman–Crippen MR) is 136 cm³/mol. The summed E-state index contributed by atoms with van der Waals surface area (Å²) in [7, 11) is 0. The zero-order valence-electron chi connectivity index (χ0n) is 18.5. The van der Waals surface area contributed by atoms with E-state index in [1.807, 2.05) is 41.3 Å². The summed E-state index contributed by atoms with van der Waals surface area (Å²) in [6, 6.07) is 15.9. The Morgan fingerprint density at radius 2 is 1.60 bits per heavy atom. The molecule has 2 N–H and O–H groups in total. The molecule has 11 heteroatoms. The highest BCUT2D eigenvalue weighted by Gasteiger charge is 2.26. The van der Waals surface area contributed by atoms with Crippen LogP contribution >= 0.6 is 11.3 Å². The number of anilines is 2. The third kappa shape index (κ3) is 3.95. The zero-order valence-corrected chi connectivity index (χ0v) is 19.3. The van der Waals surface area contributed by atoms with Crippen LogP contribution in [-0.2, 0) is 0 Å². The summed E-state index contributed by atoms with van der Waals surface area (Å²) >= 11 is 1.59. The van der Waals surface area contributed by atoms with Crippen molar-refractivity contribution in [2.75, 3.05) is 36.0 Å². The lowest BCUT2D eigenvalue weighted by Crippen LogP contribution is -2.49. The molecule has 0 amide bonds. The Kier molecular flexibility index (Phi) is 5.30. The number of benzene rings is 1. The molecule has 0 saturated carbocycles. The van der Waals surface area contributed by atoms with Gasteiger partial charge in [0.1, 0.15) is 16.3 Å². The lowest BCUT2D eigenvalue weighted by atomic mass is 10.1. The van der Waals surface area contributed by atoms with Crippen LogP contribution < -0.4 is 21.0 Å². The molecule has 4 aromatic heterocycles. The molecule has 5 aromatic rings. The summed E-state index contributed by atoms with van der Waals surface area (Å²) in [6.07, 6.45) is 1.74. The van der Waals surface area contributed by atoms with Gasteiger partial charge in [-0.2, -0.15) is 0 Å². The maximum atomic E-state index is 12.2. The normalized spacial score (nSPS) is 13.9. The van der Waals surface area contributed by atoms with Gasteiger partial charge in [-0.3, -0.25) is 14.8 Å². The number of H-pyrrole nitrogens is 2. The smallest absolute Gasteiger partial charge is 0.342 e. The van der Waals surface area contributed by atoms with E-state index in [1.54, 1.807) is 17.5 Å². The lowest BCUT2D eigenvalue weighted by molar-refractivity contribution is 0.633. The fraction of sp³-hybridized carbons (Fsp3) is 0.167. The molecule has 1 aliphatic rings. The maximum Gasteiger partial charge on any atom is 0.342 e. The molecule has 6 rings (SSSR count). The first kappa shape index (κ1) is 21.2. The summed E-state index contributed by atoms with van der Waals surface area (Å²) in [4.78, 5) is 45.1. The predicted octanol–water partition coefficient (Wildman–Crippen LogP) is 2.52. The Morgan fingerprint density at radius 3 is 2.31 bits per heavy atom. The van der Waals surface area contributed by atoms with Gasteiger partial charge in [-0.1, -0.05) is 36.4 Å². The van der Waals surface area contributed by atoms with Crippen LogP contribution in [-0.4, -0.2) is 56.3 Å². The number of hydrogen-bond donors (Lipinski definition) is 2. The number of thiophene rings is 1. The number of aromatic amines is 2. The average molecular weight is 485 g/mol. The van der Waals surface area contributed by atoms with Crippen LogP contribution in [0.5, 0.6) is 0 Å². The van der Waals surface area contributed by atoms with Gasteiger partial charge in [-0.05, 0) is 17.7 Å². The third-order valence-electron chi connectivity index (χ3n) is 5.97. The van der Waals surface area contributed by atoms with E-state index in [0.29, 0.717) is 37.7 Å². The van der Waals surface area contributed by atoms with Crippen LogP contribution in [0.2, 0.25) is 0 Å². The van der Waals surface area contributed by atoms with Crippen molar-refractivity contribution >= 4 is 33.2 Å². The summed E-state index contributed by atoms with van der Waals surface area (Å²) in [5, 5.41) is 9.39. The van der Waals surface area contributed by atoms with E-state index in [-0.39, 0.29) is 5.82 Å². The second kappa shape index (κ2) is 8.76. The van der Waals surface area contributed by atoms with E-state index in [2.05, 4.69) is 42.6 Å². The Hall–Kier alpha value is -4.38. The van der Waals surface area contributed by atoms with Gasteiger partial charge in [0, 0.05) is 43.3 Å². The number of piperazine rings is 1. The standard InChI is InChI=1S/C24H20N8O2S/c33-22-21(29-30-24(34)28-22)32-12-10-31(11-13-32)20-18-16(15-6-2-1-3-7-15)14-35-23(18)27-19(26-20)17-8-4-5-9-25-17/h1-9,14H,10-13H2,(H2,28,30,33,34). The minimum atomic E-state index is -0.617. The van der Waals surface area contributed by atoms with Gasteiger partial charge in [0.2, 0.25) is 5.82 Å². The van der Waals surface area contributed by atoms with Gasteiger partial charge in [-0.15, -0.1) is 16.4 Å². The molecular weight excluding hydrogens is 464 g/mol. The van der Waals surface area contributed by atoms with Crippen molar-refractivity contribution in [3.63, 3.8) is 0 Å². The minimum Gasteiger partial charge on any atom is -0.352 e. The molecule has 1 aromatic carbocycles. The van der Waals surface area contributed by atoms with Crippen LogP contribution in [0, 0.1) is 0 Å².